The minimum atomic E-state index is -3.74. The molecule has 1 heterocycles. The quantitative estimate of drug-likeness (QED) is 0.572. The number of carbonyl (C=O) groups excluding carboxylic acids is 1. The van der Waals surface area contributed by atoms with Crippen LogP contribution in [0.1, 0.15) is 47.1 Å². The van der Waals surface area contributed by atoms with Crippen molar-refractivity contribution in [3.8, 4) is 0 Å². The number of Topliss-reactive ketones (excluding diaryl/α,β-unsaturated/α-hetero) is 1. The second-order valence-electron chi connectivity index (χ2n) is 7.01. The van der Waals surface area contributed by atoms with E-state index in [4.69, 9.17) is 4.18 Å². The van der Waals surface area contributed by atoms with Crippen LogP contribution in [-0.2, 0) is 27.3 Å². The molecule has 0 amide bonds. The second-order valence-corrected chi connectivity index (χ2v) is 8.62. The molecule has 0 saturated carbocycles. The van der Waals surface area contributed by atoms with Crippen LogP contribution in [-0.4, -0.2) is 30.6 Å². The van der Waals surface area contributed by atoms with Crippen LogP contribution in [0.5, 0.6) is 0 Å². The molecular formula is C19H24N2O4S. The summed E-state index contributed by atoms with van der Waals surface area (Å²) in [5, 5.41) is 4.47. The minimum absolute atomic E-state index is 0.0768. The van der Waals surface area contributed by atoms with Gasteiger partial charge in [0.2, 0.25) is 0 Å². The molecule has 0 aliphatic heterocycles. The van der Waals surface area contributed by atoms with Gasteiger partial charge in [-0.25, -0.2) is 0 Å². The molecule has 1 aliphatic carbocycles. The molecule has 0 fully saturated rings. The van der Waals surface area contributed by atoms with Gasteiger partial charge in [0.05, 0.1) is 22.8 Å². The maximum atomic E-state index is 12.2. The average Bonchev–Trinajstić information content (AvgIpc) is 2.88. The van der Waals surface area contributed by atoms with Gasteiger partial charge in [-0.2, -0.15) is 13.5 Å². The summed E-state index contributed by atoms with van der Waals surface area (Å²) >= 11 is 0. The molecule has 26 heavy (non-hydrogen) atoms. The number of fused-ring (bicyclic) bond motifs is 1. The van der Waals surface area contributed by atoms with Crippen LogP contribution >= 0.6 is 0 Å². The van der Waals surface area contributed by atoms with Crippen LogP contribution in [0, 0.1) is 19.8 Å². The SMILES string of the molecule is Cc1ccc(S(=O)(=O)OCCCn2nc(C)c3c2CC(C)CC3=O)cc1. The van der Waals surface area contributed by atoms with E-state index >= 15 is 0 Å². The number of rotatable bonds is 6. The topological polar surface area (TPSA) is 78.3 Å². The van der Waals surface area contributed by atoms with Crippen molar-refractivity contribution in [3.63, 3.8) is 0 Å². The third-order valence-electron chi connectivity index (χ3n) is 4.65. The summed E-state index contributed by atoms with van der Waals surface area (Å²) < 4.78 is 31.3. The summed E-state index contributed by atoms with van der Waals surface area (Å²) in [6.07, 6.45) is 1.89. The molecule has 2 aromatic rings. The number of hydrogen-bond acceptors (Lipinski definition) is 5. The Hall–Kier alpha value is -1.99. The highest BCUT2D eigenvalue weighted by Crippen LogP contribution is 2.27. The summed E-state index contributed by atoms with van der Waals surface area (Å²) in [5.41, 5.74) is 3.46. The van der Waals surface area contributed by atoms with E-state index in [1.165, 1.54) is 0 Å². The molecule has 0 bridgehead atoms. The van der Waals surface area contributed by atoms with Gasteiger partial charge in [-0.15, -0.1) is 0 Å². The predicted octanol–water partition coefficient (Wildman–Crippen LogP) is 3.06. The zero-order chi connectivity index (χ0) is 18.9. The molecule has 0 N–H and O–H groups in total. The van der Waals surface area contributed by atoms with Gasteiger partial charge >= 0.3 is 0 Å². The fourth-order valence-corrected chi connectivity index (χ4v) is 4.30. The Bertz CT molecular complexity index is 914. The van der Waals surface area contributed by atoms with Crippen molar-refractivity contribution >= 4 is 15.9 Å². The lowest BCUT2D eigenvalue weighted by atomic mass is 9.87. The van der Waals surface area contributed by atoms with Gasteiger partial charge in [0, 0.05) is 18.7 Å². The maximum Gasteiger partial charge on any atom is 0.296 e. The Labute approximate surface area is 154 Å². The van der Waals surface area contributed by atoms with Crippen LogP contribution < -0.4 is 0 Å². The van der Waals surface area contributed by atoms with Crippen molar-refractivity contribution < 1.29 is 17.4 Å². The van der Waals surface area contributed by atoms with Gasteiger partial charge in [-0.05, 0) is 44.7 Å². The Morgan fingerprint density at radius 3 is 2.58 bits per heavy atom. The lowest BCUT2D eigenvalue weighted by Gasteiger charge is -2.19. The first kappa shape index (κ1) is 18.8. The highest BCUT2D eigenvalue weighted by atomic mass is 32.2. The Morgan fingerprint density at radius 2 is 1.88 bits per heavy atom. The number of hydrogen-bond donors (Lipinski definition) is 0. The van der Waals surface area contributed by atoms with E-state index in [1.807, 2.05) is 18.5 Å². The molecule has 1 aromatic carbocycles. The van der Waals surface area contributed by atoms with Gasteiger partial charge in [0.15, 0.2) is 5.78 Å². The first-order valence-electron chi connectivity index (χ1n) is 8.83. The maximum absolute atomic E-state index is 12.2. The summed E-state index contributed by atoms with van der Waals surface area (Å²) in [4.78, 5) is 12.4. The van der Waals surface area contributed by atoms with Crippen molar-refractivity contribution in [1.82, 2.24) is 9.78 Å². The van der Waals surface area contributed by atoms with Crippen molar-refractivity contribution in [1.29, 1.82) is 0 Å². The van der Waals surface area contributed by atoms with E-state index < -0.39 is 10.1 Å². The van der Waals surface area contributed by atoms with E-state index in [9.17, 15) is 13.2 Å². The van der Waals surface area contributed by atoms with Gasteiger partial charge in [0.1, 0.15) is 0 Å². The molecule has 1 aromatic heterocycles. The zero-order valence-corrected chi connectivity index (χ0v) is 16.2. The summed E-state index contributed by atoms with van der Waals surface area (Å²) in [6.45, 7) is 6.41. The van der Waals surface area contributed by atoms with E-state index in [0.29, 0.717) is 25.3 Å². The van der Waals surface area contributed by atoms with Crippen LogP contribution in [0.2, 0.25) is 0 Å². The first-order valence-corrected chi connectivity index (χ1v) is 10.2. The Kier molecular flexibility index (Phi) is 5.29. The molecule has 1 atom stereocenters. The van der Waals surface area contributed by atoms with Crippen LogP contribution in [0.3, 0.4) is 0 Å². The Morgan fingerprint density at radius 1 is 1.19 bits per heavy atom. The summed E-state index contributed by atoms with van der Waals surface area (Å²) in [7, 11) is -3.74. The van der Waals surface area contributed by atoms with Crippen molar-refractivity contribution in [3.05, 3.63) is 46.8 Å². The van der Waals surface area contributed by atoms with Crippen molar-refractivity contribution in [2.24, 2.45) is 5.92 Å². The smallest absolute Gasteiger partial charge is 0.294 e. The van der Waals surface area contributed by atoms with Gasteiger partial charge in [-0.3, -0.25) is 13.7 Å². The number of ketones is 1. The normalized spacial score (nSPS) is 17.3. The number of nitrogens with zero attached hydrogens (tertiary/aromatic N) is 2. The van der Waals surface area contributed by atoms with E-state index in [0.717, 1.165) is 28.9 Å². The molecule has 3 rings (SSSR count). The lowest BCUT2D eigenvalue weighted by Crippen LogP contribution is -2.20. The van der Waals surface area contributed by atoms with Crippen LogP contribution in [0.4, 0.5) is 0 Å². The number of benzene rings is 1. The van der Waals surface area contributed by atoms with Crippen molar-refractivity contribution in [2.45, 2.75) is 51.5 Å². The molecule has 6 nitrogen and oxygen atoms in total. The third kappa shape index (κ3) is 3.88. The third-order valence-corrected chi connectivity index (χ3v) is 5.98. The highest BCUT2D eigenvalue weighted by molar-refractivity contribution is 7.86. The predicted molar refractivity (Wildman–Crippen MR) is 97.7 cm³/mol. The molecule has 140 valence electrons. The van der Waals surface area contributed by atoms with E-state index in [1.54, 1.807) is 24.3 Å². The fourth-order valence-electron chi connectivity index (χ4n) is 3.36. The number of aryl methyl sites for hydroxylation is 3. The monoisotopic (exact) mass is 376 g/mol. The van der Waals surface area contributed by atoms with Gasteiger partial charge < -0.3 is 0 Å². The zero-order valence-electron chi connectivity index (χ0n) is 15.4. The Balaban J connectivity index is 1.62. The molecule has 0 radical (unpaired) electrons. The van der Waals surface area contributed by atoms with E-state index in [-0.39, 0.29) is 17.3 Å². The highest BCUT2D eigenvalue weighted by Gasteiger charge is 2.28. The van der Waals surface area contributed by atoms with Crippen LogP contribution in [0.25, 0.3) is 0 Å². The molecule has 7 heteroatoms. The average molecular weight is 376 g/mol. The van der Waals surface area contributed by atoms with E-state index in [2.05, 4.69) is 12.0 Å². The summed E-state index contributed by atoms with van der Waals surface area (Å²) in [5.74, 6) is 0.462. The molecule has 1 aliphatic rings. The summed E-state index contributed by atoms with van der Waals surface area (Å²) in [6, 6.07) is 6.58. The number of aromatic nitrogens is 2. The molecule has 0 spiro atoms. The minimum Gasteiger partial charge on any atom is -0.294 e. The standard InChI is InChI=1S/C19H24N2O4S/c1-13-5-7-16(8-6-13)26(23,24)25-10-4-9-21-17-11-14(2)12-18(22)19(17)15(3)20-21/h5-8,14H,4,9-12H2,1-3H3. The molecule has 1 unspecified atom stereocenters. The second kappa shape index (κ2) is 7.32. The van der Waals surface area contributed by atoms with Crippen molar-refractivity contribution in [2.75, 3.05) is 6.61 Å². The lowest BCUT2D eigenvalue weighted by molar-refractivity contribution is 0.0951. The van der Waals surface area contributed by atoms with Crippen LogP contribution in [0.15, 0.2) is 29.2 Å². The van der Waals surface area contributed by atoms with Gasteiger partial charge in [-0.1, -0.05) is 24.6 Å². The largest absolute Gasteiger partial charge is 0.296 e. The fraction of sp³-hybridized carbons (Fsp3) is 0.474. The molecular weight excluding hydrogens is 352 g/mol. The first-order chi connectivity index (χ1) is 12.3. The number of carbonyl (C=O) groups is 1. The molecule has 0 saturated heterocycles. The van der Waals surface area contributed by atoms with Gasteiger partial charge in [0.25, 0.3) is 10.1 Å².